The van der Waals surface area contributed by atoms with Gasteiger partial charge in [-0.05, 0) is 19.1 Å². The number of hydrogen-bond donors (Lipinski definition) is 1. The van der Waals surface area contributed by atoms with Crippen molar-refractivity contribution in [1.82, 2.24) is 14.7 Å². The Morgan fingerprint density at radius 3 is 2.79 bits per heavy atom. The van der Waals surface area contributed by atoms with Crippen LogP contribution in [0.25, 0.3) is 0 Å². The fourth-order valence-corrected chi connectivity index (χ4v) is 2.95. The third kappa shape index (κ3) is 2.73. The fourth-order valence-electron chi connectivity index (χ4n) is 2.95. The van der Waals surface area contributed by atoms with Gasteiger partial charge in [-0.3, -0.25) is 9.48 Å². The van der Waals surface area contributed by atoms with E-state index in [9.17, 15) is 14.7 Å². The quantitative estimate of drug-likeness (QED) is 0.863. The van der Waals surface area contributed by atoms with Crippen molar-refractivity contribution in [2.45, 2.75) is 19.9 Å². The molecule has 0 saturated heterocycles. The zero-order valence-electron chi connectivity index (χ0n) is 13.7. The second-order valence-corrected chi connectivity index (χ2v) is 5.61. The molecule has 0 saturated carbocycles. The zero-order valence-corrected chi connectivity index (χ0v) is 13.7. The Morgan fingerprint density at radius 1 is 1.33 bits per heavy atom. The van der Waals surface area contributed by atoms with E-state index in [4.69, 9.17) is 4.74 Å². The van der Waals surface area contributed by atoms with Crippen molar-refractivity contribution in [2.75, 3.05) is 13.2 Å². The van der Waals surface area contributed by atoms with Crippen molar-refractivity contribution in [1.29, 1.82) is 0 Å². The SMILES string of the molecule is CCOC(=O)c1nn(C)c2c1CN(C(=O)c1ccccc1O)CC2. The van der Waals surface area contributed by atoms with Gasteiger partial charge in [0, 0.05) is 31.3 Å². The first kappa shape index (κ1) is 16.0. The van der Waals surface area contributed by atoms with Crippen LogP contribution in [0.15, 0.2) is 24.3 Å². The molecule has 1 aliphatic rings. The summed E-state index contributed by atoms with van der Waals surface area (Å²) < 4.78 is 6.72. The minimum atomic E-state index is -0.480. The van der Waals surface area contributed by atoms with E-state index in [1.165, 1.54) is 6.07 Å². The third-order valence-electron chi connectivity index (χ3n) is 4.13. The standard InChI is InChI=1S/C17H19N3O4/c1-3-24-17(23)15-12-10-20(9-8-13(12)19(2)18-15)16(22)11-6-4-5-7-14(11)21/h4-7,21H,3,8-10H2,1-2H3. The van der Waals surface area contributed by atoms with Gasteiger partial charge in [0.2, 0.25) is 0 Å². The molecule has 2 heterocycles. The number of carbonyl (C=O) groups is 2. The van der Waals surface area contributed by atoms with E-state index in [0.29, 0.717) is 18.5 Å². The first-order valence-electron chi connectivity index (χ1n) is 7.82. The van der Waals surface area contributed by atoms with Gasteiger partial charge in [-0.15, -0.1) is 0 Å². The van der Waals surface area contributed by atoms with E-state index in [1.54, 1.807) is 41.8 Å². The first-order valence-corrected chi connectivity index (χ1v) is 7.82. The van der Waals surface area contributed by atoms with Crippen LogP contribution in [0.2, 0.25) is 0 Å². The summed E-state index contributed by atoms with van der Waals surface area (Å²) in [7, 11) is 1.78. The summed E-state index contributed by atoms with van der Waals surface area (Å²) in [6, 6.07) is 6.44. The summed E-state index contributed by atoms with van der Waals surface area (Å²) in [5, 5.41) is 14.1. The molecule has 1 aromatic carbocycles. The Labute approximate surface area is 139 Å². The molecule has 0 spiro atoms. The zero-order chi connectivity index (χ0) is 17.3. The number of para-hydroxylation sites is 1. The molecular weight excluding hydrogens is 310 g/mol. The third-order valence-corrected chi connectivity index (χ3v) is 4.13. The lowest BCUT2D eigenvalue weighted by Crippen LogP contribution is -2.36. The number of rotatable bonds is 3. The number of phenolic OH excluding ortho intramolecular Hbond substituents is 1. The van der Waals surface area contributed by atoms with E-state index in [2.05, 4.69) is 5.10 Å². The predicted molar refractivity (Wildman–Crippen MR) is 85.7 cm³/mol. The van der Waals surface area contributed by atoms with Gasteiger partial charge in [-0.2, -0.15) is 5.10 Å². The van der Waals surface area contributed by atoms with Gasteiger partial charge in [0.05, 0.1) is 18.7 Å². The highest BCUT2D eigenvalue weighted by atomic mass is 16.5. The monoisotopic (exact) mass is 329 g/mol. The van der Waals surface area contributed by atoms with E-state index in [-0.39, 0.29) is 36.1 Å². The van der Waals surface area contributed by atoms with Gasteiger partial charge in [0.25, 0.3) is 5.91 Å². The molecule has 0 fully saturated rings. The second kappa shape index (κ2) is 6.35. The molecule has 7 nitrogen and oxygen atoms in total. The summed E-state index contributed by atoms with van der Waals surface area (Å²) in [5.41, 5.74) is 2.15. The topological polar surface area (TPSA) is 84.7 Å². The van der Waals surface area contributed by atoms with Crippen molar-refractivity contribution in [3.8, 4) is 5.75 Å². The number of phenols is 1. The number of aromatic hydroxyl groups is 1. The Hall–Kier alpha value is -2.83. The number of aryl methyl sites for hydroxylation is 1. The summed E-state index contributed by atoms with van der Waals surface area (Å²) in [4.78, 5) is 26.4. The average Bonchev–Trinajstić information content (AvgIpc) is 2.91. The van der Waals surface area contributed by atoms with Crippen molar-refractivity contribution in [3.63, 3.8) is 0 Å². The maximum atomic E-state index is 12.7. The number of benzene rings is 1. The van der Waals surface area contributed by atoms with Gasteiger partial charge in [-0.1, -0.05) is 12.1 Å². The molecule has 0 radical (unpaired) electrons. The van der Waals surface area contributed by atoms with E-state index in [1.807, 2.05) is 0 Å². The van der Waals surface area contributed by atoms with Gasteiger partial charge in [0.1, 0.15) is 5.75 Å². The lowest BCUT2D eigenvalue weighted by Gasteiger charge is -2.27. The molecule has 1 aromatic heterocycles. The van der Waals surface area contributed by atoms with Crippen LogP contribution in [0.4, 0.5) is 0 Å². The highest BCUT2D eigenvalue weighted by Crippen LogP contribution is 2.26. The largest absolute Gasteiger partial charge is 0.507 e. The van der Waals surface area contributed by atoms with Crippen LogP contribution >= 0.6 is 0 Å². The van der Waals surface area contributed by atoms with Crippen LogP contribution in [-0.2, 0) is 24.8 Å². The van der Waals surface area contributed by atoms with Gasteiger partial charge in [-0.25, -0.2) is 4.79 Å². The number of ether oxygens (including phenoxy) is 1. The molecule has 126 valence electrons. The van der Waals surface area contributed by atoms with E-state index >= 15 is 0 Å². The van der Waals surface area contributed by atoms with Crippen molar-refractivity contribution < 1.29 is 19.4 Å². The number of amides is 1. The highest BCUT2D eigenvalue weighted by molar-refractivity contribution is 5.97. The predicted octanol–water partition coefficient (Wildman–Crippen LogP) is 1.50. The maximum Gasteiger partial charge on any atom is 0.359 e. The number of hydrogen-bond acceptors (Lipinski definition) is 5. The normalized spacial score (nSPS) is 13.5. The summed E-state index contributed by atoms with van der Waals surface area (Å²) in [5.74, 6) is -0.797. The molecule has 1 amide bonds. The number of nitrogens with zero attached hydrogens (tertiary/aromatic N) is 3. The molecule has 0 unspecified atom stereocenters. The molecule has 7 heteroatoms. The fraction of sp³-hybridized carbons (Fsp3) is 0.353. The number of aromatic nitrogens is 2. The molecule has 0 atom stereocenters. The number of carbonyl (C=O) groups excluding carboxylic acids is 2. The molecular formula is C17H19N3O4. The lowest BCUT2D eigenvalue weighted by atomic mass is 10.0. The molecule has 0 bridgehead atoms. The van der Waals surface area contributed by atoms with Crippen molar-refractivity contribution >= 4 is 11.9 Å². The van der Waals surface area contributed by atoms with Crippen LogP contribution in [0.1, 0.15) is 39.0 Å². The Morgan fingerprint density at radius 2 is 2.08 bits per heavy atom. The molecule has 2 aromatic rings. The smallest absolute Gasteiger partial charge is 0.359 e. The van der Waals surface area contributed by atoms with Gasteiger partial charge >= 0.3 is 5.97 Å². The van der Waals surface area contributed by atoms with Gasteiger partial charge in [0.15, 0.2) is 5.69 Å². The molecule has 24 heavy (non-hydrogen) atoms. The Bertz CT molecular complexity index is 797. The molecule has 0 aliphatic carbocycles. The highest BCUT2D eigenvalue weighted by Gasteiger charge is 2.30. The van der Waals surface area contributed by atoms with Crippen LogP contribution in [0.5, 0.6) is 5.75 Å². The molecule has 1 N–H and O–H groups in total. The van der Waals surface area contributed by atoms with Crippen LogP contribution in [0, 0.1) is 0 Å². The second-order valence-electron chi connectivity index (χ2n) is 5.61. The lowest BCUT2D eigenvalue weighted by molar-refractivity contribution is 0.0513. The Balaban J connectivity index is 1.90. The summed E-state index contributed by atoms with van der Waals surface area (Å²) >= 11 is 0. The van der Waals surface area contributed by atoms with Crippen molar-refractivity contribution in [3.05, 3.63) is 46.8 Å². The van der Waals surface area contributed by atoms with E-state index in [0.717, 1.165) is 5.69 Å². The Kier molecular flexibility index (Phi) is 4.24. The van der Waals surface area contributed by atoms with Crippen LogP contribution in [0.3, 0.4) is 0 Å². The molecule has 1 aliphatic heterocycles. The number of fused-ring (bicyclic) bond motifs is 1. The molecule has 3 rings (SSSR count). The van der Waals surface area contributed by atoms with Crippen LogP contribution < -0.4 is 0 Å². The average molecular weight is 329 g/mol. The first-order chi connectivity index (χ1) is 11.5. The number of esters is 1. The van der Waals surface area contributed by atoms with E-state index < -0.39 is 5.97 Å². The minimum Gasteiger partial charge on any atom is -0.507 e. The van der Waals surface area contributed by atoms with Crippen molar-refractivity contribution in [2.24, 2.45) is 7.05 Å². The summed E-state index contributed by atoms with van der Waals surface area (Å²) in [6.45, 7) is 2.78. The minimum absolute atomic E-state index is 0.0508. The van der Waals surface area contributed by atoms with Gasteiger partial charge < -0.3 is 14.7 Å². The maximum absolute atomic E-state index is 12.7. The van der Waals surface area contributed by atoms with Crippen LogP contribution in [-0.4, -0.2) is 44.8 Å². The summed E-state index contributed by atoms with van der Waals surface area (Å²) in [6.07, 6.45) is 0.595.